The first-order valence-corrected chi connectivity index (χ1v) is 7.24. The molecule has 0 radical (unpaired) electrons. The Morgan fingerprint density at radius 1 is 1.05 bits per heavy atom. The zero-order valence-corrected chi connectivity index (χ0v) is 12.9. The average molecular weight is 268 g/mol. The monoisotopic (exact) mass is 268 g/mol. The first-order chi connectivity index (χ1) is 8.65. The quantitative estimate of drug-likeness (QED) is 0.803. The smallest absolute Gasteiger partial charge is 0.220 e. The molecule has 0 heterocycles. The van der Waals surface area contributed by atoms with Gasteiger partial charge in [-0.1, -0.05) is 34.6 Å². The summed E-state index contributed by atoms with van der Waals surface area (Å²) in [6.07, 6.45) is 2.85. The summed E-state index contributed by atoms with van der Waals surface area (Å²) < 4.78 is 0. The van der Waals surface area contributed by atoms with Crippen molar-refractivity contribution in [3.8, 4) is 0 Å². The van der Waals surface area contributed by atoms with Crippen molar-refractivity contribution in [2.75, 3.05) is 0 Å². The maximum atomic E-state index is 11.7. The maximum Gasteiger partial charge on any atom is 0.220 e. The van der Waals surface area contributed by atoms with Crippen molar-refractivity contribution in [2.24, 2.45) is 11.3 Å². The van der Waals surface area contributed by atoms with Gasteiger partial charge in [0.25, 0.3) is 0 Å². The van der Waals surface area contributed by atoms with Crippen LogP contribution in [0.2, 0.25) is 0 Å². The summed E-state index contributed by atoms with van der Waals surface area (Å²) in [5, 5.41) is 6.04. The number of hydrogen-bond donors (Lipinski definition) is 2. The molecule has 0 spiro atoms. The summed E-state index contributed by atoms with van der Waals surface area (Å²) in [5.41, 5.74) is 0.0265. The molecule has 4 nitrogen and oxygen atoms in total. The first kappa shape index (κ1) is 16.0. The summed E-state index contributed by atoms with van der Waals surface area (Å²) >= 11 is 0. The Labute approximate surface area is 116 Å². The van der Waals surface area contributed by atoms with Crippen molar-refractivity contribution in [2.45, 2.75) is 72.4 Å². The number of nitrogens with one attached hydrogen (secondary N) is 2. The van der Waals surface area contributed by atoms with Crippen LogP contribution in [0.1, 0.15) is 60.3 Å². The van der Waals surface area contributed by atoms with Crippen molar-refractivity contribution in [3.63, 3.8) is 0 Å². The second-order valence-electron chi connectivity index (χ2n) is 7.34. The molecule has 0 aromatic rings. The largest absolute Gasteiger partial charge is 0.353 e. The van der Waals surface area contributed by atoms with E-state index in [1.807, 2.05) is 13.8 Å². The van der Waals surface area contributed by atoms with Crippen LogP contribution in [-0.4, -0.2) is 23.9 Å². The second kappa shape index (κ2) is 6.40. The van der Waals surface area contributed by atoms with Crippen LogP contribution in [0.15, 0.2) is 0 Å². The molecule has 1 aliphatic carbocycles. The van der Waals surface area contributed by atoms with Gasteiger partial charge in [0.2, 0.25) is 11.8 Å². The minimum atomic E-state index is 0.0265. The third kappa shape index (κ3) is 6.60. The Bertz CT molecular complexity index is 326. The molecule has 19 heavy (non-hydrogen) atoms. The normalized spacial score (nSPS) is 22.8. The van der Waals surface area contributed by atoms with Gasteiger partial charge in [-0.05, 0) is 24.2 Å². The van der Waals surface area contributed by atoms with Gasteiger partial charge in [0, 0.05) is 24.9 Å². The SMILES string of the molecule is CC(C)CC(=O)NC1CC(NC(=O)CC(C)(C)C)C1. The molecule has 0 bridgehead atoms. The highest BCUT2D eigenvalue weighted by atomic mass is 16.2. The molecule has 0 atom stereocenters. The molecular formula is C15H28N2O2. The van der Waals surface area contributed by atoms with Gasteiger partial charge in [-0.3, -0.25) is 9.59 Å². The molecule has 4 heteroatoms. The van der Waals surface area contributed by atoms with Gasteiger partial charge in [0.1, 0.15) is 0 Å². The molecule has 2 amide bonds. The Balaban J connectivity index is 2.17. The first-order valence-electron chi connectivity index (χ1n) is 7.24. The molecule has 1 aliphatic rings. The van der Waals surface area contributed by atoms with E-state index in [1.165, 1.54) is 0 Å². The van der Waals surface area contributed by atoms with Crippen molar-refractivity contribution < 1.29 is 9.59 Å². The lowest BCUT2D eigenvalue weighted by Crippen LogP contribution is -2.54. The van der Waals surface area contributed by atoms with Gasteiger partial charge in [-0.25, -0.2) is 0 Å². The minimum absolute atomic E-state index is 0.0265. The van der Waals surface area contributed by atoms with Gasteiger partial charge >= 0.3 is 0 Å². The van der Waals surface area contributed by atoms with Crippen molar-refractivity contribution in [3.05, 3.63) is 0 Å². The zero-order valence-electron chi connectivity index (χ0n) is 12.9. The fourth-order valence-electron chi connectivity index (χ4n) is 2.27. The topological polar surface area (TPSA) is 58.2 Å². The van der Waals surface area contributed by atoms with Gasteiger partial charge in [-0.2, -0.15) is 0 Å². The highest BCUT2D eigenvalue weighted by molar-refractivity contribution is 5.78. The second-order valence-corrected chi connectivity index (χ2v) is 7.34. The lowest BCUT2D eigenvalue weighted by atomic mass is 9.85. The standard InChI is InChI=1S/C15H28N2O2/c1-10(2)6-13(18)16-11-7-12(8-11)17-14(19)9-15(3,4)5/h10-12H,6-9H2,1-5H3,(H,16,18)(H,17,19). The predicted octanol–water partition coefficient (Wildman–Crippen LogP) is 2.23. The lowest BCUT2D eigenvalue weighted by Gasteiger charge is -2.37. The molecule has 0 aliphatic heterocycles. The molecule has 110 valence electrons. The summed E-state index contributed by atoms with van der Waals surface area (Å²) in [5.74, 6) is 0.631. The Hall–Kier alpha value is -1.06. The molecule has 1 rings (SSSR count). The van der Waals surface area contributed by atoms with Crippen LogP contribution in [0.3, 0.4) is 0 Å². The minimum Gasteiger partial charge on any atom is -0.353 e. The number of rotatable bonds is 5. The number of carbonyl (C=O) groups excluding carboxylic acids is 2. The summed E-state index contributed by atoms with van der Waals surface area (Å²) in [6, 6.07) is 0.477. The average Bonchev–Trinajstić information content (AvgIpc) is 2.09. The van der Waals surface area contributed by atoms with E-state index in [2.05, 4.69) is 31.4 Å². The summed E-state index contributed by atoms with van der Waals surface area (Å²) in [4.78, 5) is 23.3. The van der Waals surface area contributed by atoms with Gasteiger partial charge in [0.15, 0.2) is 0 Å². The summed E-state index contributed by atoms with van der Waals surface area (Å²) in [6.45, 7) is 10.2. The molecule has 2 N–H and O–H groups in total. The lowest BCUT2D eigenvalue weighted by molar-refractivity contribution is -0.124. The van der Waals surface area contributed by atoms with E-state index >= 15 is 0 Å². The van der Waals surface area contributed by atoms with Crippen LogP contribution in [0.25, 0.3) is 0 Å². The Kier molecular flexibility index (Phi) is 5.39. The maximum absolute atomic E-state index is 11.7. The Morgan fingerprint density at radius 3 is 1.95 bits per heavy atom. The van der Waals surface area contributed by atoms with E-state index < -0.39 is 0 Å². The van der Waals surface area contributed by atoms with E-state index in [1.54, 1.807) is 0 Å². The van der Waals surface area contributed by atoms with Crippen LogP contribution in [0, 0.1) is 11.3 Å². The number of hydrogen-bond acceptors (Lipinski definition) is 2. The Morgan fingerprint density at radius 2 is 1.53 bits per heavy atom. The van der Waals surface area contributed by atoms with E-state index in [4.69, 9.17) is 0 Å². The highest BCUT2D eigenvalue weighted by Crippen LogP contribution is 2.22. The van der Waals surface area contributed by atoms with Crippen LogP contribution in [0.5, 0.6) is 0 Å². The number of amides is 2. The molecule has 0 aromatic carbocycles. The van der Waals surface area contributed by atoms with Gasteiger partial charge < -0.3 is 10.6 Å². The van der Waals surface area contributed by atoms with E-state index in [0.29, 0.717) is 18.8 Å². The molecule has 1 fully saturated rings. The van der Waals surface area contributed by atoms with Crippen molar-refractivity contribution in [1.82, 2.24) is 10.6 Å². The van der Waals surface area contributed by atoms with Crippen LogP contribution in [-0.2, 0) is 9.59 Å². The summed E-state index contributed by atoms with van der Waals surface area (Å²) in [7, 11) is 0. The van der Waals surface area contributed by atoms with Gasteiger partial charge in [-0.15, -0.1) is 0 Å². The van der Waals surface area contributed by atoms with Crippen molar-refractivity contribution >= 4 is 11.8 Å². The third-order valence-electron chi connectivity index (χ3n) is 3.15. The van der Waals surface area contributed by atoms with Crippen LogP contribution < -0.4 is 10.6 Å². The van der Waals surface area contributed by atoms with E-state index in [9.17, 15) is 9.59 Å². The molecule has 0 unspecified atom stereocenters. The van der Waals surface area contributed by atoms with Gasteiger partial charge in [0.05, 0.1) is 0 Å². The fourth-order valence-corrected chi connectivity index (χ4v) is 2.27. The molecular weight excluding hydrogens is 240 g/mol. The number of carbonyl (C=O) groups is 2. The molecule has 0 aromatic heterocycles. The highest BCUT2D eigenvalue weighted by Gasteiger charge is 2.31. The van der Waals surface area contributed by atoms with Crippen LogP contribution in [0.4, 0.5) is 0 Å². The van der Waals surface area contributed by atoms with Crippen molar-refractivity contribution in [1.29, 1.82) is 0 Å². The van der Waals surface area contributed by atoms with E-state index in [-0.39, 0.29) is 29.3 Å². The molecule has 1 saturated carbocycles. The fraction of sp³-hybridized carbons (Fsp3) is 0.867. The van der Waals surface area contributed by atoms with E-state index in [0.717, 1.165) is 12.8 Å². The third-order valence-corrected chi connectivity index (χ3v) is 3.15. The predicted molar refractivity (Wildman–Crippen MR) is 76.6 cm³/mol. The molecule has 0 saturated heterocycles. The van der Waals surface area contributed by atoms with Crippen LogP contribution >= 0.6 is 0 Å². The zero-order chi connectivity index (χ0) is 14.6.